The molecular formula is C22H23FN2O3. The van der Waals surface area contributed by atoms with Gasteiger partial charge in [-0.2, -0.15) is 0 Å². The zero-order chi connectivity index (χ0) is 19.7. The molecule has 5 nitrogen and oxygen atoms in total. The Balaban J connectivity index is 1.47. The number of benzene rings is 2. The highest BCUT2D eigenvalue weighted by Gasteiger charge is 2.37. The van der Waals surface area contributed by atoms with E-state index in [0.717, 1.165) is 24.2 Å². The molecule has 4 rings (SSSR count). The van der Waals surface area contributed by atoms with Gasteiger partial charge < -0.3 is 14.9 Å². The molecule has 0 unspecified atom stereocenters. The van der Waals surface area contributed by atoms with E-state index < -0.39 is 12.1 Å². The first kappa shape index (κ1) is 18.6. The summed E-state index contributed by atoms with van der Waals surface area (Å²) in [5.74, 6) is -0.348. The van der Waals surface area contributed by atoms with Crippen molar-refractivity contribution >= 4 is 17.5 Å². The third-order valence-corrected chi connectivity index (χ3v) is 5.55. The van der Waals surface area contributed by atoms with Crippen LogP contribution in [0.4, 0.5) is 10.1 Å². The van der Waals surface area contributed by atoms with E-state index in [2.05, 4.69) is 0 Å². The summed E-state index contributed by atoms with van der Waals surface area (Å²) in [6.07, 6.45) is 1.43. The van der Waals surface area contributed by atoms with E-state index in [1.54, 1.807) is 21.9 Å². The zero-order valence-electron chi connectivity index (χ0n) is 15.6. The van der Waals surface area contributed by atoms with Gasteiger partial charge in [-0.05, 0) is 48.2 Å². The molecule has 2 aliphatic rings. The number of hydrogen-bond acceptors (Lipinski definition) is 3. The maximum Gasteiger partial charge on any atom is 0.227 e. The van der Waals surface area contributed by atoms with Crippen molar-refractivity contribution in [2.75, 3.05) is 18.0 Å². The van der Waals surface area contributed by atoms with Crippen molar-refractivity contribution < 1.29 is 19.1 Å². The van der Waals surface area contributed by atoms with Gasteiger partial charge in [0.1, 0.15) is 5.82 Å². The van der Waals surface area contributed by atoms with Gasteiger partial charge in [-0.25, -0.2) is 4.39 Å². The molecule has 2 fully saturated rings. The standard InChI is InChI=1S/C22H23FN2O3/c23-17-4-1-3-16(14-17)22-19(26)10-12-25(22)21(28)13-15-6-8-18(9-7-15)24-11-2-5-20(24)27/h1,3-4,6-9,14,19,22,26H,2,5,10-13H2/t19-,22-/m1/s1. The molecule has 2 heterocycles. The number of rotatable bonds is 4. The normalized spacial score (nSPS) is 22.1. The minimum atomic E-state index is -0.700. The summed E-state index contributed by atoms with van der Waals surface area (Å²) < 4.78 is 13.6. The number of likely N-dealkylation sites (tertiary alicyclic amines) is 1. The molecule has 0 aliphatic carbocycles. The molecule has 1 N–H and O–H groups in total. The summed E-state index contributed by atoms with van der Waals surface area (Å²) in [6.45, 7) is 1.18. The van der Waals surface area contributed by atoms with E-state index >= 15 is 0 Å². The maximum absolute atomic E-state index is 13.6. The maximum atomic E-state index is 13.6. The van der Waals surface area contributed by atoms with E-state index in [0.29, 0.717) is 24.9 Å². The smallest absolute Gasteiger partial charge is 0.227 e. The zero-order valence-corrected chi connectivity index (χ0v) is 15.6. The number of carbonyl (C=O) groups is 2. The Morgan fingerprint density at radius 2 is 1.93 bits per heavy atom. The third-order valence-electron chi connectivity index (χ3n) is 5.55. The monoisotopic (exact) mass is 382 g/mol. The third kappa shape index (κ3) is 3.64. The molecule has 2 atom stereocenters. The number of halogens is 1. The Morgan fingerprint density at radius 1 is 1.14 bits per heavy atom. The van der Waals surface area contributed by atoms with Gasteiger partial charge >= 0.3 is 0 Å². The molecule has 2 aromatic rings. The summed E-state index contributed by atoms with van der Waals surface area (Å²) in [5.41, 5.74) is 2.31. The molecule has 0 aromatic heterocycles. The van der Waals surface area contributed by atoms with Crippen molar-refractivity contribution in [2.45, 2.75) is 37.8 Å². The fourth-order valence-electron chi connectivity index (χ4n) is 4.14. The first-order chi connectivity index (χ1) is 13.5. The van der Waals surface area contributed by atoms with Crippen molar-refractivity contribution in [3.63, 3.8) is 0 Å². The molecular weight excluding hydrogens is 359 g/mol. The van der Waals surface area contributed by atoms with E-state index in [1.165, 1.54) is 12.1 Å². The molecule has 28 heavy (non-hydrogen) atoms. The molecule has 0 spiro atoms. The molecule has 2 aromatic carbocycles. The number of carbonyl (C=O) groups excluding carboxylic acids is 2. The molecule has 2 amide bonds. The SMILES string of the molecule is O=C1CCCN1c1ccc(CC(=O)N2CC[C@@H](O)[C@H]2c2cccc(F)c2)cc1. The van der Waals surface area contributed by atoms with Crippen LogP contribution in [0.3, 0.4) is 0 Å². The van der Waals surface area contributed by atoms with Gasteiger partial charge in [0.2, 0.25) is 11.8 Å². The highest BCUT2D eigenvalue weighted by molar-refractivity contribution is 5.95. The lowest BCUT2D eigenvalue weighted by atomic mass is 10.0. The summed E-state index contributed by atoms with van der Waals surface area (Å²) >= 11 is 0. The van der Waals surface area contributed by atoms with Gasteiger partial charge in [0, 0.05) is 25.2 Å². The van der Waals surface area contributed by atoms with Gasteiger partial charge in [-0.15, -0.1) is 0 Å². The molecule has 146 valence electrons. The Labute approximate surface area is 163 Å². The molecule has 0 saturated carbocycles. The van der Waals surface area contributed by atoms with Gasteiger partial charge in [0.05, 0.1) is 18.6 Å². The van der Waals surface area contributed by atoms with E-state index in [9.17, 15) is 19.1 Å². The molecule has 0 radical (unpaired) electrons. The van der Waals surface area contributed by atoms with E-state index in [4.69, 9.17) is 0 Å². The average molecular weight is 382 g/mol. The lowest BCUT2D eigenvalue weighted by molar-refractivity contribution is -0.132. The Morgan fingerprint density at radius 3 is 2.61 bits per heavy atom. The predicted octanol–water partition coefficient (Wildman–Crippen LogP) is 2.83. The van der Waals surface area contributed by atoms with Crippen molar-refractivity contribution in [1.82, 2.24) is 4.90 Å². The number of hydrogen-bond donors (Lipinski definition) is 1. The molecule has 2 aliphatic heterocycles. The van der Waals surface area contributed by atoms with Crippen LogP contribution in [-0.4, -0.2) is 41.0 Å². The van der Waals surface area contributed by atoms with Crippen LogP contribution in [0.5, 0.6) is 0 Å². The van der Waals surface area contributed by atoms with Crippen LogP contribution in [0.1, 0.15) is 36.4 Å². The summed E-state index contributed by atoms with van der Waals surface area (Å²) in [6, 6.07) is 13.0. The van der Waals surface area contributed by atoms with Crippen molar-refractivity contribution in [1.29, 1.82) is 0 Å². The second kappa shape index (κ2) is 7.72. The van der Waals surface area contributed by atoms with Crippen LogP contribution in [-0.2, 0) is 16.0 Å². The Kier molecular flexibility index (Phi) is 5.13. The minimum absolute atomic E-state index is 0.101. The lowest BCUT2D eigenvalue weighted by Gasteiger charge is -2.27. The number of anilines is 1. The molecule has 0 bridgehead atoms. The Hall–Kier alpha value is -2.73. The van der Waals surface area contributed by atoms with E-state index in [-0.39, 0.29) is 24.1 Å². The minimum Gasteiger partial charge on any atom is -0.391 e. The predicted molar refractivity (Wildman–Crippen MR) is 103 cm³/mol. The number of amides is 2. The topological polar surface area (TPSA) is 60.9 Å². The first-order valence-corrected chi connectivity index (χ1v) is 9.65. The van der Waals surface area contributed by atoms with Crippen LogP contribution in [0.2, 0.25) is 0 Å². The lowest BCUT2D eigenvalue weighted by Crippen LogP contribution is -2.34. The van der Waals surface area contributed by atoms with Gasteiger partial charge in [0.15, 0.2) is 0 Å². The largest absolute Gasteiger partial charge is 0.391 e. The van der Waals surface area contributed by atoms with Gasteiger partial charge in [-0.1, -0.05) is 24.3 Å². The number of aliphatic hydroxyl groups excluding tert-OH is 1. The van der Waals surface area contributed by atoms with Crippen molar-refractivity contribution in [3.05, 3.63) is 65.5 Å². The van der Waals surface area contributed by atoms with Crippen molar-refractivity contribution in [3.8, 4) is 0 Å². The van der Waals surface area contributed by atoms with Crippen LogP contribution in [0, 0.1) is 5.82 Å². The summed E-state index contributed by atoms with van der Waals surface area (Å²) in [5, 5.41) is 10.3. The summed E-state index contributed by atoms with van der Waals surface area (Å²) in [4.78, 5) is 28.1. The number of nitrogens with zero attached hydrogens (tertiary/aromatic N) is 2. The summed E-state index contributed by atoms with van der Waals surface area (Å²) in [7, 11) is 0. The quantitative estimate of drug-likeness (QED) is 0.885. The van der Waals surface area contributed by atoms with Gasteiger partial charge in [0.25, 0.3) is 0 Å². The van der Waals surface area contributed by atoms with Crippen LogP contribution >= 0.6 is 0 Å². The highest BCUT2D eigenvalue weighted by Crippen LogP contribution is 2.33. The highest BCUT2D eigenvalue weighted by atomic mass is 19.1. The first-order valence-electron chi connectivity index (χ1n) is 9.65. The second-order valence-electron chi connectivity index (χ2n) is 7.44. The van der Waals surface area contributed by atoms with E-state index in [1.807, 2.05) is 24.3 Å². The fourth-order valence-corrected chi connectivity index (χ4v) is 4.14. The molecule has 2 saturated heterocycles. The van der Waals surface area contributed by atoms with Crippen LogP contribution < -0.4 is 4.90 Å². The fraction of sp³-hybridized carbons (Fsp3) is 0.364. The van der Waals surface area contributed by atoms with Crippen LogP contribution in [0.25, 0.3) is 0 Å². The molecule has 6 heteroatoms. The second-order valence-corrected chi connectivity index (χ2v) is 7.44. The van der Waals surface area contributed by atoms with Crippen LogP contribution in [0.15, 0.2) is 48.5 Å². The van der Waals surface area contributed by atoms with Gasteiger partial charge in [-0.3, -0.25) is 9.59 Å². The average Bonchev–Trinajstić information content (AvgIpc) is 3.28. The number of aliphatic hydroxyl groups is 1. The Bertz CT molecular complexity index is 884. The van der Waals surface area contributed by atoms with Crippen molar-refractivity contribution in [2.24, 2.45) is 0 Å².